The van der Waals surface area contributed by atoms with E-state index in [2.05, 4.69) is 16.0 Å². The molecule has 1 aromatic carbocycles. The van der Waals surface area contributed by atoms with E-state index in [4.69, 9.17) is 7.48 Å². The van der Waals surface area contributed by atoms with E-state index in [1.165, 1.54) is 0 Å². The molecule has 1 fully saturated rings. The van der Waals surface area contributed by atoms with Crippen molar-refractivity contribution in [1.29, 1.82) is 0 Å². The maximum absolute atomic E-state index is 13.1. The smallest absolute Gasteiger partial charge is 0.746 e. The largest absolute Gasteiger partial charge is 1.00 e. The fourth-order valence-electron chi connectivity index (χ4n) is 3.41. The Balaban J connectivity index is 0.00000684. The molecule has 2 unspecified atom stereocenters. The predicted molar refractivity (Wildman–Crippen MR) is 116 cm³/mol. The second kappa shape index (κ2) is 14.1. The first-order valence-electron chi connectivity index (χ1n) is 11.6. The minimum atomic E-state index is -5.27. The van der Waals surface area contributed by atoms with Crippen molar-refractivity contribution < 1.29 is 73.9 Å². The van der Waals surface area contributed by atoms with E-state index in [1.54, 1.807) is 13.8 Å². The molecule has 0 radical (unpaired) electrons. The van der Waals surface area contributed by atoms with Gasteiger partial charge in [0.15, 0.2) is 5.44 Å². The van der Waals surface area contributed by atoms with Gasteiger partial charge < -0.3 is 30.3 Å². The summed E-state index contributed by atoms with van der Waals surface area (Å²) in [5.41, 5.74) is -2.71. The molecular formula is C21H29FN3NaO8S. The normalized spacial score (nSPS) is 19.4. The SMILES string of the molecule is [2H]C([2H])(OC(=O)NC(CC(C)C)C(=O)NC(C[C@@H]1CCNC1=O)[C@@H](O)S(=O)(=O)[O-])c1ccc(F)cc1.[Na+]. The number of halogens is 1. The van der Waals surface area contributed by atoms with Crippen LogP contribution in [0.2, 0.25) is 0 Å². The zero-order valence-electron chi connectivity index (χ0n) is 21.6. The van der Waals surface area contributed by atoms with Crippen molar-refractivity contribution in [1.82, 2.24) is 16.0 Å². The monoisotopic (exact) mass is 527 g/mol. The molecule has 1 heterocycles. The summed E-state index contributed by atoms with van der Waals surface area (Å²) in [6, 6.07) is 1.09. The zero-order valence-corrected chi connectivity index (χ0v) is 22.4. The first-order valence-corrected chi connectivity index (χ1v) is 12.0. The van der Waals surface area contributed by atoms with Gasteiger partial charge in [-0.05, 0) is 42.9 Å². The Morgan fingerprint density at radius 2 is 1.94 bits per heavy atom. The van der Waals surface area contributed by atoms with Crippen molar-refractivity contribution in [2.45, 2.75) is 57.2 Å². The van der Waals surface area contributed by atoms with Crippen LogP contribution in [0.25, 0.3) is 0 Å². The Morgan fingerprint density at radius 3 is 2.46 bits per heavy atom. The molecule has 1 aliphatic rings. The molecule has 0 saturated carbocycles. The number of amides is 3. The van der Waals surface area contributed by atoms with Crippen LogP contribution < -0.4 is 45.5 Å². The Morgan fingerprint density at radius 1 is 1.31 bits per heavy atom. The van der Waals surface area contributed by atoms with Crippen LogP contribution in [0.15, 0.2) is 24.3 Å². The molecule has 1 aromatic rings. The molecule has 14 heteroatoms. The molecule has 1 aliphatic heterocycles. The first-order chi connectivity index (χ1) is 16.6. The van der Waals surface area contributed by atoms with E-state index in [-0.39, 0.29) is 53.9 Å². The zero-order chi connectivity index (χ0) is 27.3. The number of carbonyl (C=O) groups is 3. The quantitative estimate of drug-likeness (QED) is 0.178. The molecule has 35 heavy (non-hydrogen) atoms. The molecule has 190 valence electrons. The number of aliphatic hydroxyl groups is 1. The Kier molecular flexibility index (Phi) is 11.2. The molecule has 2 rings (SSSR count). The van der Waals surface area contributed by atoms with E-state index in [0.717, 1.165) is 24.3 Å². The number of hydrogen-bond acceptors (Lipinski definition) is 8. The van der Waals surface area contributed by atoms with Gasteiger partial charge in [0.05, 0.1) is 8.78 Å². The molecule has 4 N–H and O–H groups in total. The van der Waals surface area contributed by atoms with Crippen LogP contribution in [0, 0.1) is 17.7 Å². The predicted octanol–water partition coefficient (Wildman–Crippen LogP) is -2.65. The molecule has 0 aromatic heterocycles. The van der Waals surface area contributed by atoms with Gasteiger partial charge in [0.25, 0.3) is 0 Å². The second-order valence-corrected chi connectivity index (χ2v) is 9.80. The summed E-state index contributed by atoms with van der Waals surface area (Å²) >= 11 is 0. The topological polar surface area (TPSA) is 174 Å². The fourth-order valence-corrected chi connectivity index (χ4v) is 3.99. The fraction of sp³-hybridized carbons (Fsp3) is 0.571. The van der Waals surface area contributed by atoms with Crippen molar-refractivity contribution in [3.8, 4) is 0 Å². The number of benzene rings is 1. The Labute approximate surface area is 228 Å². The number of hydrogen-bond donors (Lipinski definition) is 4. The summed E-state index contributed by atoms with van der Waals surface area (Å²) in [6.07, 6.45) is -1.38. The van der Waals surface area contributed by atoms with Crippen molar-refractivity contribution in [2.75, 3.05) is 6.54 Å². The number of nitrogens with one attached hydrogen (secondary N) is 3. The summed E-state index contributed by atoms with van der Waals surface area (Å²) in [5, 5.41) is 17.0. The summed E-state index contributed by atoms with van der Waals surface area (Å²) in [4.78, 5) is 37.3. The van der Waals surface area contributed by atoms with Crippen LogP contribution in [0.4, 0.5) is 9.18 Å². The number of aliphatic hydroxyl groups excluding tert-OH is 1. The van der Waals surface area contributed by atoms with Gasteiger partial charge in [-0.25, -0.2) is 17.6 Å². The van der Waals surface area contributed by atoms with Crippen molar-refractivity contribution in [3.05, 3.63) is 35.6 Å². The third-order valence-corrected chi connectivity index (χ3v) is 6.01. The van der Waals surface area contributed by atoms with Gasteiger partial charge in [-0.2, -0.15) is 0 Å². The van der Waals surface area contributed by atoms with E-state index in [0.29, 0.717) is 13.0 Å². The van der Waals surface area contributed by atoms with Gasteiger partial charge in [0, 0.05) is 12.5 Å². The van der Waals surface area contributed by atoms with E-state index < -0.39 is 63.8 Å². The Hall–Kier alpha value is -1.77. The third-order valence-electron chi connectivity index (χ3n) is 5.09. The molecule has 0 spiro atoms. The van der Waals surface area contributed by atoms with Crippen molar-refractivity contribution >= 4 is 28.0 Å². The van der Waals surface area contributed by atoms with Crippen molar-refractivity contribution in [2.24, 2.45) is 11.8 Å². The maximum Gasteiger partial charge on any atom is 1.00 e. The summed E-state index contributed by atoms with van der Waals surface area (Å²) < 4.78 is 68.1. The number of rotatable bonds is 11. The number of carbonyl (C=O) groups excluding carboxylic acids is 3. The first kappa shape index (κ1) is 27.8. The van der Waals surface area contributed by atoms with Crippen LogP contribution in [0.1, 0.15) is 41.4 Å². The van der Waals surface area contributed by atoms with Crippen LogP contribution in [0.5, 0.6) is 0 Å². The molecule has 3 amide bonds. The van der Waals surface area contributed by atoms with Gasteiger partial charge >= 0.3 is 35.7 Å². The van der Waals surface area contributed by atoms with Crippen LogP contribution in [-0.4, -0.2) is 60.0 Å². The van der Waals surface area contributed by atoms with Gasteiger partial charge in [-0.3, -0.25) is 9.59 Å². The van der Waals surface area contributed by atoms with Gasteiger partial charge in [0.1, 0.15) is 28.5 Å². The molecule has 0 aliphatic carbocycles. The molecule has 11 nitrogen and oxygen atoms in total. The van der Waals surface area contributed by atoms with Gasteiger partial charge in [-0.15, -0.1) is 0 Å². The molecular weight excluding hydrogens is 496 g/mol. The van der Waals surface area contributed by atoms with E-state index in [1.807, 2.05) is 0 Å². The Bertz CT molecular complexity index is 1060. The van der Waals surface area contributed by atoms with Crippen LogP contribution >= 0.6 is 0 Å². The van der Waals surface area contributed by atoms with E-state index >= 15 is 0 Å². The summed E-state index contributed by atoms with van der Waals surface area (Å²) in [5.74, 6) is -2.97. The maximum atomic E-state index is 13.1. The summed E-state index contributed by atoms with van der Waals surface area (Å²) in [7, 11) is -5.27. The molecule has 1 saturated heterocycles. The molecule has 4 atom stereocenters. The minimum Gasteiger partial charge on any atom is -0.746 e. The average Bonchev–Trinajstić information content (AvgIpc) is 3.15. The third kappa shape index (κ3) is 10.4. The van der Waals surface area contributed by atoms with Gasteiger partial charge in [0.2, 0.25) is 11.8 Å². The standard InChI is InChI=1S/C21H30FN3O8S.Na/c1-12(2)9-16(25-21(29)33-11-13-3-5-15(22)6-4-13)19(27)24-17(20(28)34(30,31)32)10-14-7-8-23-18(14)26;/h3-6,12,14,16-17,20,28H,7-11H2,1-2H3,(H,23,26)(H,24,27)(H,25,29)(H,30,31,32);/q;+1/p-1/t14-,16?,17?,20-;/m0./s1/i11D2;. The summed E-state index contributed by atoms with van der Waals surface area (Å²) in [6.45, 7) is 1.05. The minimum absolute atomic E-state index is 0. The van der Waals surface area contributed by atoms with Gasteiger partial charge in [-0.1, -0.05) is 26.0 Å². The average molecular weight is 528 g/mol. The number of alkyl carbamates (subject to hydrolysis) is 1. The van der Waals surface area contributed by atoms with E-state index in [9.17, 15) is 36.9 Å². The second-order valence-electron chi connectivity index (χ2n) is 8.34. The van der Waals surface area contributed by atoms with Crippen LogP contribution in [0.3, 0.4) is 0 Å². The van der Waals surface area contributed by atoms with Crippen LogP contribution in [-0.2, 0) is 31.0 Å². The molecule has 0 bridgehead atoms. The number of ether oxygens (including phenoxy) is 1. The van der Waals surface area contributed by atoms with Crippen molar-refractivity contribution in [3.63, 3.8) is 0 Å².